The molecule has 1 aliphatic rings. The standard InChI is InChI=1S/C18H22N4O3/c1-4-8-13-15(17(23)25-5-2)16(22-18(21-13)19-11-20-22)12-9-6-7-10-14(12)24-3/h6-7,9-11,16H,4-5,8H2,1-3H3,(H,19,20,21). The molecule has 0 aliphatic carbocycles. The van der Waals surface area contributed by atoms with Crippen molar-refractivity contribution in [3.05, 3.63) is 47.4 Å². The summed E-state index contributed by atoms with van der Waals surface area (Å²) in [5.41, 5.74) is 2.21. The van der Waals surface area contributed by atoms with E-state index < -0.39 is 6.04 Å². The molecular formula is C18H22N4O3. The summed E-state index contributed by atoms with van der Waals surface area (Å²) in [5, 5.41) is 7.55. The molecule has 25 heavy (non-hydrogen) atoms. The van der Waals surface area contributed by atoms with Crippen molar-refractivity contribution < 1.29 is 14.3 Å². The van der Waals surface area contributed by atoms with Crippen LogP contribution in [0.5, 0.6) is 5.75 Å². The van der Waals surface area contributed by atoms with Crippen molar-refractivity contribution in [1.29, 1.82) is 0 Å². The second-order valence-electron chi connectivity index (χ2n) is 5.66. The Bertz CT molecular complexity index is 797. The highest BCUT2D eigenvalue weighted by atomic mass is 16.5. The maximum Gasteiger partial charge on any atom is 0.338 e. The number of allylic oxidation sites excluding steroid dienone is 1. The molecule has 1 aliphatic heterocycles. The van der Waals surface area contributed by atoms with Crippen LogP contribution in [-0.4, -0.2) is 34.5 Å². The first kappa shape index (κ1) is 17.0. The zero-order chi connectivity index (χ0) is 17.8. The lowest BCUT2D eigenvalue weighted by molar-refractivity contribution is -0.139. The summed E-state index contributed by atoms with van der Waals surface area (Å²) in [6.07, 6.45) is 3.08. The van der Waals surface area contributed by atoms with E-state index in [0.29, 0.717) is 30.3 Å². The van der Waals surface area contributed by atoms with Gasteiger partial charge in [0.05, 0.1) is 19.3 Å². The van der Waals surface area contributed by atoms with E-state index in [1.165, 1.54) is 6.33 Å². The summed E-state index contributed by atoms with van der Waals surface area (Å²) in [6.45, 7) is 4.17. The third kappa shape index (κ3) is 3.09. The Kier molecular flexibility index (Phi) is 5.02. The van der Waals surface area contributed by atoms with Crippen molar-refractivity contribution in [2.45, 2.75) is 32.7 Å². The molecule has 0 spiro atoms. The lowest BCUT2D eigenvalue weighted by atomic mass is 9.93. The Morgan fingerprint density at radius 1 is 1.32 bits per heavy atom. The molecule has 2 aromatic rings. The van der Waals surface area contributed by atoms with Crippen molar-refractivity contribution >= 4 is 11.9 Å². The highest BCUT2D eigenvalue weighted by Crippen LogP contribution is 2.39. The SMILES string of the molecule is CCCC1=C(C(=O)OCC)C(c2ccccc2OC)n2ncnc2N1. The first-order valence-electron chi connectivity index (χ1n) is 8.40. The lowest BCUT2D eigenvalue weighted by Gasteiger charge is -2.30. The second-order valence-corrected chi connectivity index (χ2v) is 5.66. The number of nitrogens with zero attached hydrogens (tertiary/aromatic N) is 3. The van der Waals surface area contributed by atoms with Gasteiger partial charge >= 0.3 is 5.97 Å². The molecule has 0 radical (unpaired) electrons. The number of fused-ring (bicyclic) bond motifs is 1. The third-order valence-electron chi connectivity index (χ3n) is 4.11. The summed E-state index contributed by atoms with van der Waals surface area (Å²) in [7, 11) is 1.61. The van der Waals surface area contributed by atoms with Crippen molar-refractivity contribution in [3.8, 4) is 5.75 Å². The number of anilines is 1. The Balaban J connectivity index is 2.21. The van der Waals surface area contributed by atoms with Crippen LogP contribution < -0.4 is 10.1 Å². The third-order valence-corrected chi connectivity index (χ3v) is 4.11. The number of methoxy groups -OCH3 is 1. The molecule has 1 unspecified atom stereocenters. The monoisotopic (exact) mass is 342 g/mol. The summed E-state index contributed by atoms with van der Waals surface area (Å²) >= 11 is 0. The van der Waals surface area contributed by atoms with Crippen LogP contribution in [0.1, 0.15) is 38.3 Å². The van der Waals surface area contributed by atoms with E-state index in [9.17, 15) is 4.79 Å². The van der Waals surface area contributed by atoms with Gasteiger partial charge in [-0.15, -0.1) is 0 Å². The molecule has 7 heteroatoms. The van der Waals surface area contributed by atoms with Crippen molar-refractivity contribution in [3.63, 3.8) is 0 Å². The predicted octanol–water partition coefficient (Wildman–Crippen LogP) is 2.92. The number of carbonyl (C=O) groups is 1. The number of nitrogens with one attached hydrogen (secondary N) is 1. The van der Waals surface area contributed by atoms with Gasteiger partial charge < -0.3 is 14.8 Å². The molecule has 0 saturated heterocycles. The molecule has 3 rings (SSSR count). The summed E-state index contributed by atoms with van der Waals surface area (Å²) < 4.78 is 12.6. The van der Waals surface area contributed by atoms with Gasteiger partial charge in [0.2, 0.25) is 5.95 Å². The van der Waals surface area contributed by atoms with E-state index in [0.717, 1.165) is 17.7 Å². The van der Waals surface area contributed by atoms with Gasteiger partial charge in [0.25, 0.3) is 0 Å². The van der Waals surface area contributed by atoms with Crippen LogP contribution >= 0.6 is 0 Å². The molecule has 132 valence electrons. The fourth-order valence-corrected chi connectivity index (χ4v) is 3.09. The summed E-state index contributed by atoms with van der Waals surface area (Å²) in [4.78, 5) is 17.0. The van der Waals surface area contributed by atoms with Crippen LogP contribution in [0.25, 0.3) is 0 Å². The first-order chi connectivity index (χ1) is 12.2. The van der Waals surface area contributed by atoms with Crippen molar-refractivity contribution in [2.24, 2.45) is 0 Å². The number of hydrogen-bond acceptors (Lipinski definition) is 6. The molecule has 1 N–H and O–H groups in total. The average Bonchev–Trinajstić information content (AvgIpc) is 3.09. The quantitative estimate of drug-likeness (QED) is 0.813. The van der Waals surface area contributed by atoms with Gasteiger partial charge in [-0.05, 0) is 19.4 Å². The normalized spacial score (nSPS) is 16.2. The zero-order valence-corrected chi connectivity index (χ0v) is 14.7. The Morgan fingerprint density at radius 2 is 2.12 bits per heavy atom. The molecule has 7 nitrogen and oxygen atoms in total. The summed E-state index contributed by atoms with van der Waals surface area (Å²) in [6, 6.07) is 7.17. The van der Waals surface area contributed by atoms with Gasteiger partial charge in [-0.1, -0.05) is 31.5 Å². The number of benzene rings is 1. The number of hydrogen-bond donors (Lipinski definition) is 1. The molecule has 1 aromatic carbocycles. The molecule has 2 heterocycles. The molecule has 0 bridgehead atoms. The topological polar surface area (TPSA) is 78.3 Å². The second kappa shape index (κ2) is 7.38. The summed E-state index contributed by atoms with van der Waals surface area (Å²) in [5.74, 6) is 0.941. The Hall–Kier alpha value is -2.83. The average molecular weight is 342 g/mol. The van der Waals surface area contributed by atoms with E-state index >= 15 is 0 Å². The minimum Gasteiger partial charge on any atom is -0.496 e. The molecule has 0 amide bonds. The lowest BCUT2D eigenvalue weighted by Crippen LogP contribution is -2.30. The number of rotatable bonds is 6. The number of esters is 1. The number of carbonyl (C=O) groups excluding carboxylic acids is 1. The maximum absolute atomic E-state index is 12.8. The van der Waals surface area contributed by atoms with E-state index in [2.05, 4.69) is 22.3 Å². The van der Waals surface area contributed by atoms with E-state index in [1.54, 1.807) is 18.7 Å². The van der Waals surface area contributed by atoms with E-state index in [1.807, 2.05) is 24.3 Å². The Morgan fingerprint density at radius 3 is 2.84 bits per heavy atom. The largest absolute Gasteiger partial charge is 0.496 e. The molecule has 1 atom stereocenters. The predicted molar refractivity (Wildman–Crippen MR) is 93.3 cm³/mol. The zero-order valence-electron chi connectivity index (χ0n) is 14.7. The van der Waals surface area contributed by atoms with Gasteiger partial charge in [-0.2, -0.15) is 10.1 Å². The first-order valence-corrected chi connectivity index (χ1v) is 8.40. The van der Waals surface area contributed by atoms with Crippen LogP contribution in [0.2, 0.25) is 0 Å². The smallest absolute Gasteiger partial charge is 0.338 e. The van der Waals surface area contributed by atoms with Crippen LogP contribution in [0.15, 0.2) is 41.9 Å². The minimum atomic E-state index is -0.449. The van der Waals surface area contributed by atoms with Crippen molar-refractivity contribution in [2.75, 3.05) is 19.0 Å². The van der Waals surface area contributed by atoms with E-state index in [-0.39, 0.29) is 5.97 Å². The number of aromatic nitrogens is 3. The number of ether oxygens (including phenoxy) is 2. The van der Waals surface area contributed by atoms with E-state index in [4.69, 9.17) is 9.47 Å². The molecular weight excluding hydrogens is 320 g/mol. The van der Waals surface area contributed by atoms with Crippen LogP contribution in [0.4, 0.5) is 5.95 Å². The van der Waals surface area contributed by atoms with Gasteiger partial charge in [0, 0.05) is 11.3 Å². The minimum absolute atomic E-state index is 0.310. The van der Waals surface area contributed by atoms with Crippen molar-refractivity contribution in [1.82, 2.24) is 14.8 Å². The Labute approximate surface area is 146 Å². The van der Waals surface area contributed by atoms with Gasteiger partial charge in [-0.25, -0.2) is 9.48 Å². The molecule has 0 fully saturated rings. The molecule has 0 saturated carbocycles. The van der Waals surface area contributed by atoms with Crippen LogP contribution in [0, 0.1) is 0 Å². The fourth-order valence-electron chi connectivity index (χ4n) is 3.09. The highest BCUT2D eigenvalue weighted by Gasteiger charge is 2.36. The van der Waals surface area contributed by atoms with Gasteiger partial charge in [0.1, 0.15) is 18.1 Å². The number of para-hydroxylation sites is 1. The van der Waals surface area contributed by atoms with Gasteiger partial charge in [0.15, 0.2) is 0 Å². The highest BCUT2D eigenvalue weighted by molar-refractivity contribution is 5.92. The fraction of sp³-hybridized carbons (Fsp3) is 0.389. The molecule has 1 aromatic heterocycles. The maximum atomic E-state index is 12.8. The van der Waals surface area contributed by atoms with Crippen LogP contribution in [-0.2, 0) is 9.53 Å². The van der Waals surface area contributed by atoms with Gasteiger partial charge in [-0.3, -0.25) is 0 Å². The van der Waals surface area contributed by atoms with Crippen LogP contribution in [0.3, 0.4) is 0 Å².